The Kier molecular flexibility index (Phi) is 4.05. The van der Waals surface area contributed by atoms with Gasteiger partial charge in [0, 0.05) is 12.1 Å². The standard InChI is InChI=1S/C17H16F3N5O2/c1-9-10(2)15-22-23-16(17(18,19)20)25(15)24-14(9)21-6-5-11-3-4-12-13(7-11)27-8-26-12/h3-4,7H,5-6,8H2,1-2H3,(H,21,24). The Balaban J connectivity index is 1.55. The van der Waals surface area contributed by atoms with Crippen LogP contribution in [0.25, 0.3) is 5.65 Å². The number of nitrogens with zero attached hydrogens (tertiary/aromatic N) is 4. The fraction of sp³-hybridized carbons (Fsp3) is 0.353. The van der Waals surface area contributed by atoms with Crippen LogP contribution in [0.4, 0.5) is 19.0 Å². The van der Waals surface area contributed by atoms with Gasteiger partial charge in [0.1, 0.15) is 5.82 Å². The molecule has 0 atom stereocenters. The molecule has 0 unspecified atom stereocenters. The fourth-order valence-electron chi connectivity index (χ4n) is 2.90. The highest BCUT2D eigenvalue weighted by Crippen LogP contribution is 2.33. The third kappa shape index (κ3) is 3.11. The molecule has 3 heterocycles. The number of hydrogen-bond donors (Lipinski definition) is 1. The molecule has 0 spiro atoms. The van der Waals surface area contributed by atoms with Crippen LogP contribution in [0.15, 0.2) is 18.2 Å². The monoisotopic (exact) mass is 379 g/mol. The lowest BCUT2D eigenvalue weighted by Gasteiger charge is -2.12. The maximum Gasteiger partial charge on any atom is 0.453 e. The van der Waals surface area contributed by atoms with Crippen molar-refractivity contribution in [3.05, 3.63) is 40.7 Å². The molecule has 1 aromatic carbocycles. The predicted molar refractivity (Wildman–Crippen MR) is 90.0 cm³/mol. The van der Waals surface area contributed by atoms with Crippen LogP contribution in [-0.4, -0.2) is 33.1 Å². The first-order valence-corrected chi connectivity index (χ1v) is 8.27. The van der Waals surface area contributed by atoms with Crippen LogP contribution in [-0.2, 0) is 12.6 Å². The highest BCUT2D eigenvalue weighted by Gasteiger charge is 2.38. The maximum absolute atomic E-state index is 13.1. The molecule has 0 saturated carbocycles. The van der Waals surface area contributed by atoms with Gasteiger partial charge in [-0.2, -0.15) is 17.7 Å². The van der Waals surface area contributed by atoms with E-state index in [1.807, 2.05) is 18.2 Å². The molecule has 142 valence electrons. The van der Waals surface area contributed by atoms with Crippen molar-refractivity contribution in [1.82, 2.24) is 19.8 Å². The number of alkyl halides is 3. The Bertz CT molecular complexity index is 1020. The molecule has 1 N–H and O–H groups in total. The number of rotatable bonds is 4. The Labute approximate surface area is 152 Å². The van der Waals surface area contributed by atoms with Gasteiger partial charge in [-0.3, -0.25) is 0 Å². The molecule has 4 rings (SSSR count). The van der Waals surface area contributed by atoms with E-state index in [1.165, 1.54) is 0 Å². The van der Waals surface area contributed by atoms with E-state index in [0.29, 0.717) is 35.8 Å². The van der Waals surface area contributed by atoms with E-state index >= 15 is 0 Å². The molecule has 3 aromatic rings. The molecule has 27 heavy (non-hydrogen) atoms. The molecule has 0 aliphatic carbocycles. The van der Waals surface area contributed by atoms with Gasteiger partial charge in [0.15, 0.2) is 17.1 Å². The summed E-state index contributed by atoms with van der Waals surface area (Å²) in [6.07, 6.45) is -3.99. The smallest absolute Gasteiger partial charge is 0.453 e. The summed E-state index contributed by atoms with van der Waals surface area (Å²) in [6.45, 7) is 4.18. The van der Waals surface area contributed by atoms with E-state index in [4.69, 9.17) is 9.47 Å². The third-order valence-corrected chi connectivity index (χ3v) is 4.49. The second-order valence-corrected chi connectivity index (χ2v) is 6.22. The minimum absolute atomic E-state index is 0.0983. The first-order chi connectivity index (χ1) is 12.8. The number of ether oxygens (including phenoxy) is 2. The van der Waals surface area contributed by atoms with Gasteiger partial charge >= 0.3 is 6.18 Å². The van der Waals surface area contributed by atoms with Gasteiger partial charge in [0.25, 0.3) is 5.82 Å². The number of aryl methyl sites for hydroxylation is 1. The lowest BCUT2D eigenvalue weighted by Crippen LogP contribution is -2.16. The van der Waals surface area contributed by atoms with E-state index in [2.05, 4.69) is 20.6 Å². The van der Waals surface area contributed by atoms with Gasteiger partial charge in [-0.15, -0.1) is 15.3 Å². The van der Waals surface area contributed by atoms with E-state index in [0.717, 1.165) is 15.6 Å². The Morgan fingerprint density at radius 3 is 2.67 bits per heavy atom. The van der Waals surface area contributed by atoms with Crippen molar-refractivity contribution >= 4 is 11.5 Å². The third-order valence-electron chi connectivity index (χ3n) is 4.49. The van der Waals surface area contributed by atoms with Crippen molar-refractivity contribution in [2.75, 3.05) is 18.7 Å². The molecule has 10 heteroatoms. The number of nitrogens with one attached hydrogen (secondary N) is 1. The zero-order valence-electron chi connectivity index (χ0n) is 14.6. The normalized spacial score (nSPS) is 13.4. The van der Waals surface area contributed by atoms with Crippen molar-refractivity contribution in [3.8, 4) is 11.5 Å². The van der Waals surface area contributed by atoms with Gasteiger partial charge < -0.3 is 14.8 Å². The van der Waals surface area contributed by atoms with Crippen LogP contribution >= 0.6 is 0 Å². The van der Waals surface area contributed by atoms with Crippen LogP contribution < -0.4 is 14.8 Å². The minimum Gasteiger partial charge on any atom is -0.454 e. The first kappa shape index (κ1) is 17.4. The molecule has 0 bridgehead atoms. The van der Waals surface area contributed by atoms with Crippen LogP contribution in [0.5, 0.6) is 11.5 Å². The zero-order chi connectivity index (χ0) is 19.2. The molecular formula is C17H16F3N5O2. The second kappa shape index (κ2) is 6.29. The molecule has 0 saturated heterocycles. The zero-order valence-corrected chi connectivity index (χ0v) is 14.6. The van der Waals surface area contributed by atoms with Crippen LogP contribution in [0, 0.1) is 13.8 Å². The van der Waals surface area contributed by atoms with E-state index in [9.17, 15) is 13.2 Å². The van der Waals surface area contributed by atoms with Crippen molar-refractivity contribution in [1.29, 1.82) is 0 Å². The van der Waals surface area contributed by atoms with Crippen molar-refractivity contribution < 1.29 is 22.6 Å². The second-order valence-electron chi connectivity index (χ2n) is 6.22. The van der Waals surface area contributed by atoms with Crippen molar-refractivity contribution in [2.24, 2.45) is 0 Å². The summed E-state index contributed by atoms with van der Waals surface area (Å²) in [7, 11) is 0. The predicted octanol–water partition coefficient (Wildman–Crippen LogP) is 3.14. The molecule has 0 fully saturated rings. The lowest BCUT2D eigenvalue weighted by molar-refractivity contribution is -0.146. The van der Waals surface area contributed by atoms with Crippen LogP contribution in [0.2, 0.25) is 0 Å². The van der Waals surface area contributed by atoms with Gasteiger partial charge in [0.2, 0.25) is 6.79 Å². The SMILES string of the molecule is Cc1c(NCCc2ccc3c(c2)OCO3)nn2c(C(F)(F)F)nnc2c1C. The topological polar surface area (TPSA) is 73.6 Å². The number of benzene rings is 1. The molecular weight excluding hydrogens is 363 g/mol. The summed E-state index contributed by atoms with van der Waals surface area (Å²) >= 11 is 0. The average Bonchev–Trinajstić information content (AvgIpc) is 3.24. The summed E-state index contributed by atoms with van der Waals surface area (Å²) in [5.41, 5.74) is 2.44. The number of halogens is 3. The fourth-order valence-corrected chi connectivity index (χ4v) is 2.90. The Morgan fingerprint density at radius 1 is 1.11 bits per heavy atom. The molecule has 0 amide bonds. The van der Waals surface area contributed by atoms with Crippen molar-refractivity contribution in [3.63, 3.8) is 0 Å². The van der Waals surface area contributed by atoms with Gasteiger partial charge in [-0.1, -0.05) is 6.07 Å². The number of hydrogen-bond acceptors (Lipinski definition) is 6. The van der Waals surface area contributed by atoms with Gasteiger partial charge in [-0.05, 0) is 43.5 Å². The summed E-state index contributed by atoms with van der Waals surface area (Å²) < 4.78 is 50.6. The van der Waals surface area contributed by atoms with Gasteiger partial charge in [-0.25, -0.2) is 0 Å². The Morgan fingerprint density at radius 2 is 1.89 bits per heavy atom. The van der Waals surface area contributed by atoms with Crippen molar-refractivity contribution in [2.45, 2.75) is 26.4 Å². The first-order valence-electron chi connectivity index (χ1n) is 8.27. The highest BCUT2D eigenvalue weighted by atomic mass is 19.4. The van der Waals surface area contributed by atoms with Crippen LogP contribution in [0.1, 0.15) is 22.5 Å². The summed E-state index contributed by atoms with van der Waals surface area (Å²) in [6, 6.07) is 5.65. The summed E-state index contributed by atoms with van der Waals surface area (Å²) in [5.74, 6) is 0.626. The number of fused-ring (bicyclic) bond motifs is 2. The number of anilines is 1. The van der Waals surface area contributed by atoms with E-state index < -0.39 is 12.0 Å². The quantitative estimate of drug-likeness (QED) is 0.751. The maximum atomic E-state index is 13.1. The van der Waals surface area contributed by atoms with Crippen LogP contribution in [0.3, 0.4) is 0 Å². The largest absolute Gasteiger partial charge is 0.454 e. The molecule has 7 nitrogen and oxygen atoms in total. The van der Waals surface area contributed by atoms with E-state index in [1.54, 1.807) is 13.8 Å². The van der Waals surface area contributed by atoms with Gasteiger partial charge in [0.05, 0.1) is 0 Å². The van der Waals surface area contributed by atoms with E-state index in [-0.39, 0.29) is 12.4 Å². The minimum atomic E-state index is -4.63. The highest BCUT2D eigenvalue weighted by molar-refractivity contribution is 5.58. The lowest BCUT2D eigenvalue weighted by atomic mass is 10.1. The molecule has 2 aromatic heterocycles. The molecule has 1 aliphatic heterocycles. The molecule has 1 aliphatic rings. The summed E-state index contributed by atoms with van der Waals surface area (Å²) in [5, 5.41) is 14.0. The summed E-state index contributed by atoms with van der Waals surface area (Å²) in [4.78, 5) is 0. The molecule has 0 radical (unpaired) electrons. The average molecular weight is 379 g/mol. The Hall–Kier alpha value is -3.04. The number of aromatic nitrogens is 4.